The van der Waals surface area contributed by atoms with Gasteiger partial charge in [-0.3, -0.25) is 0 Å². The van der Waals surface area contributed by atoms with Gasteiger partial charge in [-0.15, -0.1) is 0 Å². The van der Waals surface area contributed by atoms with Gasteiger partial charge in [-0.2, -0.15) is 5.26 Å². The molecule has 0 aliphatic heterocycles. The van der Waals surface area contributed by atoms with Crippen LogP contribution in [0.2, 0.25) is 0 Å². The summed E-state index contributed by atoms with van der Waals surface area (Å²) in [5.74, 6) is 0.751. The summed E-state index contributed by atoms with van der Waals surface area (Å²) in [4.78, 5) is 4.09. The molecule has 0 spiro atoms. The maximum Gasteiger partial charge on any atom is 0.127 e. The zero-order valence-electron chi connectivity index (χ0n) is 8.03. The number of rotatable bonds is 5. The van der Waals surface area contributed by atoms with E-state index in [9.17, 15) is 0 Å². The minimum absolute atomic E-state index is 0.626. The van der Waals surface area contributed by atoms with Crippen LogP contribution in [0.5, 0.6) is 0 Å². The number of nitrogens with two attached hydrogens (primary N) is 1. The van der Waals surface area contributed by atoms with E-state index in [-0.39, 0.29) is 0 Å². The number of nitrogens with one attached hydrogen (secondary N) is 1. The molecular weight excluding hydrogens is 176 g/mol. The summed E-state index contributed by atoms with van der Waals surface area (Å²) >= 11 is 0. The van der Waals surface area contributed by atoms with Crippen molar-refractivity contribution < 1.29 is 0 Å². The number of aromatic nitrogens is 1. The molecule has 0 amide bonds. The highest BCUT2D eigenvalue weighted by molar-refractivity contribution is 5.42. The van der Waals surface area contributed by atoms with Gasteiger partial charge in [0.25, 0.3) is 0 Å². The molecule has 4 nitrogen and oxygen atoms in total. The summed E-state index contributed by atoms with van der Waals surface area (Å²) in [6, 6.07) is 5.49. The lowest BCUT2D eigenvalue weighted by molar-refractivity contribution is 0.772. The normalized spacial score (nSPS) is 9.43. The fourth-order valence-electron chi connectivity index (χ4n) is 1.08. The Bertz CT molecular complexity index is 316. The highest BCUT2D eigenvalue weighted by atomic mass is 15.0. The van der Waals surface area contributed by atoms with Crippen LogP contribution >= 0.6 is 0 Å². The summed E-state index contributed by atoms with van der Waals surface area (Å²) in [5.41, 5.74) is 5.99. The molecule has 1 rings (SSSR count). The third kappa shape index (κ3) is 3.42. The van der Waals surface area contributed by atoms with E-state index in [1.165, 1.54) is 0 Å². The summed E-state index contributed by atoms with van der Waals surface area (Å²) in [7, 11) is 0. The second kappa shape index (κ2) is 5.95. The van der Waals surface area contributed by atoms with Gasteiger partial charge < -0.3 is 11.1 Å². The molecule has 4 heteroatoms. The van der Waals surface area contributed by atoms with Crippen molar-refractivity contribution >= 4 is 5.82 Å². The maximum atomic E-state index is 8.65. The number of anilines is 1. The molecule has 0 fully saturated rings. The molecule has 0 unspecified atom stereocenters. The molecule has 0 saturated carbocycles. The molecule has 1 aromatic heterocycles. The first kappa shape index (κ1) is 10.5. The minimum atomic E-state index is 0.626. The van der Waals surface area contributed by atoms with E-state index in [1.807, 2.05) is 0 Å². The van der Waals surface area contributed by atoms with E-state index in [4.69, 9.17) is 11.0 Å². The van der Waals surface area contributed by atoms with Crippen molar-refractivity contribution in [1.29, 1.82) is 5.26 Å². The van der Waals surface area contributed by atoms with E-state index in [2.05, 4.69) is 16.4 Å². The van der Waals surface area contributed by atoms with Crippen LogP contribution in [0.1, 0.15) is 18.4 Å². The van der Waals surface area contributed by atoms with Crippen molar-refractivity contribution in [1.82, 2.24) is 4.98 Å². The number of hydrogen-bond donors (Lipinski definition) is 2. The van der Waals surface area contributed by atoms with Crippen molar-refractivity contribution in [2.45, 2.75) is 12.8 Å². The summed E-state index contributed by atoms with van der Waals surface area (Å²) < 4.78 is 0. The van der Waals surface area contributed by atoms with Crippen LogP contribution in [-0.2, 0) is 0 Å². The second-order valence-electron chi connectivity index (χ2n) is 2.96. The topological polar surface area (TPSA) is 74.7 Å². The van der Waals surface area contributed by atoms with Crippen molar-refractivity contribution in [3.8, 4) is 6.07 Å². The quantitative estimate of drug-likeness (QED) is 0.682. The van der Waals surface area contributed by atoms with E-state index in [0.29, 0.717) is 12.1 Å². The van der Waals surface area contributed by atoms with Gasteiger partial charge in [0.15, 0.2) is 0 Å². The fraction of sp³-hybridized carbons (Fsp3) is 0.400. The lowest BCUT2D eigenvalue weighted by atomic mass is 10.3. The summed E-state index contributed by atoms with van der Waals surface area (Å²) in [6.07, 6.45) is 3.66. The first-order valence-electron chi connectivity index (χ1n) is 4.67. The van der Waals surface area contributed by atoms with Gasteiger partial charge in [-0.25, -0.2) is 4.98 Å². The van der Waals surface area contributed by atoms with Crippen molar-refractivity contribution in [3.05, 3.63) is 23.9 Å². The summed E-state index contributed by atoms with van der Waals surface area (Å²) in [6.45, 7) is 1.56. The highest BCUT2D eigenvalue weighted by Gasteiger charge is 1.94. The molecule has 0 aliphatic carbocycles. The first-order chi connectivity index (χ1) is 6.86. The van der Waals surface area contributed by atoms with Gasteiger partial charge in [-0.1, -0.05) is 0 Å². The van der Waals surface area contributed by atoms with E-state index < -0.39 is 0 Å². The molecule has 0 aromatic carbocycles. The maximum absolute atomic E-state index is 8.65. The van der Waals surface area contributed by atoms with E-state index >= 15 is 0 Å². The lowest BCUT2D eigenvalue weighted by Crippen LogP contribution is -2.06. The highest BCUT2D eigenvalue weighted by Crippen LogP contribution is 2.05. The van der Waals surface area contributed by atoms with Crippen LogP contribution in [0.25, 0.3) is 0 Å². The molecule has 74 valence electrons. The number of nitrogens with zero attached hydrogens (tertiary/aromatic N) is 2. The van der Waals surface area contributed by atoms with E-state index in [0.717, 1.165) is 25.2 Å². The Balaban J connectivity index is 2.39. The number of hydrogen-bond acceptors (Lipinski definition) is 4. The fourth-order valence-corrected chi connectivity index (χ4v) is 1.08. The predicted molar refractivity (Wildman–Crippen MR) is 55.7 cm³/mol. The second-order valence-corrected chi connectivity index (χ2v) is 2.96. The number of pyridine rings is 1. The monoisotopic (exact) mass is 190 g/mol. The number of nitriles is 1. The molecule has 3 N–H and O–H groups in total. The average Bonchev–Trinajstić information content (AvgIpc) is 2.25. The Morgan fingerprint density at radius 3 is 3.07 bits per heavy atom. The molecular formula is C10H14N4. The molecule has 1 aromatic rings. The van der Waals surface area contributed by atoms with Gasteiger partial charge in [-0.05, 0) is 31.5 Å². The molecule has 0 radical (unpaired) electrons. The van der Waals surface area contributed by atoms with Gasteiger partial charge in [0, 0.05) is 12.7 Å². The minimum Gasteiger partial charge on any atom is -0.370 e. The van der Waals surface area contributed by atoms with E-state index in [1.54, 1.807) is 18.3 Å². The largest absolute Gasteiger partial charge is 0.370 e. The number of unbranched alkanes of at least 4 members (excludes halogenated alkanes) is 1. The third-order valence-electron chi connectivity index (χ3n) is 1.83. The Kier molecular flexibility index (Phi) is 4.45. The van der Waals surface area contributed by atoms with Gasteiger partial charge in [0.2, 0.25) is 0 Å². The first-order valence-corrected chi connectivity index (χ1v) is 4.67. The molecule has 14 heavy (non-hydrogen) atoms. The van der Waals surface area contributed by atoms with Crippen molar-refractivity contribution in [2.75, 3.05) is 18.4 Å². The van der Waals surface area contributed by atoms with Crippen LogP contribution in [0.15, 0.2) is 18.3 Å². The van der Waals surface area contributed by atoms with Gasteiger partial charge in [0.1, 0.15) is 5.82 Å². The van der Waals surface area contributed by atoms with Crippen LogP contribution in [-0.4, -0.2) is 18.1 Å². The molecule has 0 aliphatic rings. The Morgan fingerprint density at radius 2 is 2.36 bits per heavy atom. The standard InChI is InChI=1S/C10H14N4/c11-4-1-2-5-13-10-7-9(8-12)3-6-14-10/h3,6-7H,1-2,4-5,11H2,(H,13,14). The Hall–Kier alpha value is -1.60. The van der Waals surface area contributed by atoms with Crippen molar-refractivity contribution in [2.24, 2.45) is 5.73 Å². The van der Waals surface area contributed by atoms with Crippen LogP contribution in [0.3, 0.4) is 0 Å². The average molecular weight is 190 g/mol. The van der Waals surface area contributed by atoms with Gasteiger partial charge in [0.05, 0.1) is 11.6 Å². The Morgan fingerprint density at radius 1 is 1.50 bits per heavy atom. The Labute approximate surface area is 83.8 Å². The smallest absolute Gasteiger partial charge is 0.127 e. The van der Waals surface area contributed by atoms with Crippen LogP contribution < -0.4 is 11.1 Å². The molecule has 0 saturated heterocycles. The predicted octanol–water partition coefficient (Wildman–Crippen LogP) is 1.10. The molecule has 0 bridgehead atoms. The SMILES string of the molecule is N#Cc1ccnc(NCCCCN)c1. The molecule has 1 heterocycles. The zero-order chi connectivity index (χ0) is 10.2. The van der Waals surface area contributed by atoms with Crippen LogP contribution in [0.4, 0.5) is 5.82 Å². The van der Waals surface area contributed by atoms with Crippen LogP contribution in [0, 0.1) is 11.3 Å². The molecule has 0 atom stereocenters. The lowest BCUT2D eigenvalue weighted by Gasteiger charge is -2.04. The van der Waals surface area contributed by atoms with Gasteiger partial charge >= 0.3 is 0 Å². The van der Waals surface area contributed by atoms with Crippen molar-refractivity contribution in [3.63, 3.8) is 0 Å². The zero-order valence-corrected chi connectivity index (χ0v) is 8.03. The summed E-state index contributed by atoms with van der Waals surface area (Å²) in [5, 5.41) is 11.8. The third-order valence-corrected chi connectivity index (χ3v) is 1.83.